The summed E-state index contributed by atoms with van der Waals surface area (Å²) in [7, 11) is 1.62. The zero-order valence-corrected chi connectivity index (χ0v) is 16.3. The topological polar surface area (TPSA) is 58.7 Å². The third kappa shape index (κ3) is 3.09. The molecule has 0 radical (unpaired) electrons. The molecular formula is C20H20F3N3OS. The number of benzene rings is 1. The number of halogens is 3. The van der Waals surface area contributed by atoms with Gasteiger partial charge in [0.2, 0.25) is 5.91 Å². The SMILES string of the molecule is CN1C(=O)[C@@H](C2CC2)[C@@](C)(c2cc(-c3cccc(C(F)(F)F)c3)cs2)N=C1N. The minimum Gasteiger partial charge on any atom is -0.369 e. The Balaban J connectivity index is 1.75. The van der Waals surface area contributed by atoms with Gasteiger partial charge in [0.15, 0.2) is 5.96 Å². The lowest BCUT2D eigenvalue weighted by atomic mass is 9.79. The number of guanidine groups is 1. The third-order valence-electron chi connectivity index (χ3n) is 5.61. The van der Waals surface area contributed by atoms with E-state index < -0.39 is 17.3 Å². The summed E-state index contributed by atoms with van der Waals surface area (Å²) in [5.74, 6) is 0.0682. The maximum absolute atomic E-state index is 13.0. The highest BCUT2D eigenvalue weighted by molar-refractivity contribution is 7.10. The first-order valence-electron chi connectivity index (χ1n) is 9.01. The van der Waals surface area contributed by atoms with Crippen molar-refractivity contribution in [1.29, 1.82) is 0 Å². The summed E-state index contributed by atoms with van der Waals surface area (Å²) in [6.45, 7) is 1.90. The van der Waals surface area contributed by atoms with Crippen LogP contribution in [-0.4, -0.2) is 23.8 Å². The number of alkyl halides is 3. The number of carbonyl (C=O) groups is 1. The molecule has 0 unspecified atom stereocenters. The maximum atomic E-state index is 13.0. The van der Waals surface area contributed by atoms with E-state index in [0.29, 0.717) is 11.1 Å². The average Bonchev–Trinajstić information content (AvgIpc) is 3.32. The fourth-order valence-electron chi connectivity index (χ4n) is 3.87. The van der Waals surface area contributed by atoms with Gasteiger partial charge in [-0.2, -0.15) is 13.2 Å². The Morgan fingerprint density at radius 3 is 2.61 bits per heavy atom. The van der Waals surface area contributed by atoms with Crippen LogP contribution in [0.25, 0.3) is 11.1 Å². The van der Waals surface area contributed by atoms with Crippen LogP contribution in [0.2, 0.25) is 0 Å². The first-order valence-corrected chi connectivity index (χ1v) is 9.89. The number of aliphatic imine (C=N–C) groups is 1. The normalized spacial score (nSPS) is 25.8. The average molecular weight is 407 g/mol. The minimum atomic E-state index is -4.39. The van der Waals surface area contributed by atoms with Crippen LogP contribution in [0, 0.1) is 11.8 Å². The molecule has 1 aliphatic heterocycles. The molecule has 1 aromatic carbocycles. The molecular weight excluding hydrogens is 387 g/mol. The third-order valence-corrected chi connectivity index (χ3v) is 6.76. The Morgan fingerprint density at radius 2 is 1.96 bits per heavy atom. The van der Waals surface area contributed by atoms with E-state index >= 15 is 0 Å². The van der Waals surface area contributed by atoms with Crippen molar-refractivity contribution in [2.75, 3.05) is 7.05 Å². The van der Waals surface area contributed by atoms with Crippen molar-refractivity contribution in [2.24, 2.45) is 22.6 Å². The zero-order chi connectivity index (χ0) is 20.3. The van der Waals surface area contributed by atoms with Gasteiger partial charge in [-0.15, -0.1) is 11.3 Å². The highest BCUT2D eigenvalue weighted by Crippen LogP contribution is 2.51. The second kappa shape index (κ2) is 6.34. The van der Waals surface area contributed by atoms with Gasteiger partial charge in [0.25, 0.3) is 0 Å². The number of nitrogens with zero attached hydrogens (tertiary/aromatic N) is 2. The van der Waals surface area contributed by atoms with E-state index in [1.165, 1.54) is 22.3 Å². The first kappa shape index (κ1) is 19.0. The summed E-state index contributed by atoms with van der Waals surface area (Å²) in [6.07, 6.45) is -2.45. The molecule has 0 saturated heterocycles. The lowest BCUT2D eigenvalue weighted by Crippen LogP contribution is -2.54. The summed E-state index contributed by atoms with van der Waals surface area (Å²) < 4.78 is 39.1. The lowest BCUT2D eigenvalue weighted by molar-refractivity contribution is -0.137. The van der Waals surface area contributed by atoms with Crippen LogP contribution in [-0.2, 0) is 16.5 Å². The Kier molecular flexibility index (Phi) is 4.30. The van der Waals surface area contributed by atoms with Crippen molar-refractivity contribution in [1.82, 2.24) is 4.90 Å². The predicted octanol–water partition coefficient (Wildman–Crippen LogP) is 4.46. The van der Waals surface area contributed by atoms with Crippen molar-refractivity contribution in [3.8, 4) is 11.1 Å². The molecule has 4 nitrogen and oxygen atoms in total. The number of nitrogens with two attached hydrogens (primary N) is 1. The van der Waals surface area contributed by atoms with E-state index in [-0.39, 0.29) is 23.7 Å². The molecule has 1 aliphatic carbocycles. The van der Waals surface area contributed by atoms with Crippen LogP contribution >= 0.6 is 11.3 Å². The lowest BCUT2D eigenvalue weighted by Gasteiger charge is -2.40. The minimum absolute atomic E-state index is 0.0495. The molecule has 8 heteroatoms. The van der Waals surface area contributed by atoms with E-state index in [4.69, 9.17) is 5.73 Å². The standard InChI is InChI=1S/C20H20F3N3OS/c1-19(16(11-6-7-11)17(27)26(2)18(24)25-19)15-9-13(10-28-15)12-4-3-5-14(8-12)20(21,22)23/h3-5,8-11,16H,6-7H2,1-2H3,(H2,24,25)/t16-,19-/m1/s1. The van der Waals surface area contributed by atoms with Crippen molar-refractivity contribution in [3.63, 3.8) is 0 Å². The van der Waals surface area contributed by atoms with Crippen LogP contribution in [0.15, 0.2) is 40.7 Å². The number of amides is 1. The summed E-state index contributed by atoms with van der Waals surface area (Å²) in [5, 5.41) is 1.81. The molecule has 0 spiro atoms. The Bertz CT molecular complexity index is 964. The quantitative estimate of drug-likeness (QED) is 0.817. The van der Waals surface area contributed by atoms with E-state index in [9.17, 15) is 18.0 Å². The largest absolute Gasteiger partial charge is 0.416 e. The van der Waals surface area contributed by atoms with Crippen LogP contribution in [0.3, 0.4) is 0 Å². The molecule has 2 atom stereocenters. The van der Waals surface area contributed by atoms with Gasteiger partial charge in [-0.25, -0.2) is 4.99 Å². The summed E-state index contributed by atoms with van der Waals surface area (Å²) >= 11 is 1.40. The molecule has 1 saturated carbocycles. The zero-order valence-electron chi connectivity index (χ0n) is 15.5. The maximum Gasteiger partial charge on any atom is 0.416 e. The monoisotopic (exact) mass is 407 g/mol. The highest BCUT2D eigenvalue weighted by Gasteiger charge is 2.53. The summed E-state index contributed by atoms with van der Waals surface area (Å²) in [5.41, 5.74) is 5.66. The summed E-state index contributed by atoms with van der Waals surface area (Å²) in [6, 6.07) is 7.09. The molecule has 1 aromatic heterocycles. The van der Waals surface area contributed by atoms with Gasteiger partial charge in [-0.05, 0) is 60.4 Å². The van der Waals surface area contributed by atoms with Gasteiger partial charge < -0.3 is 5.73 Å². The predicted molar refractivity (Wildman–Crippen MR) is 103 cm³/mol. The van der Waals surface area contributed by atoms with Crippen molar-refractivity contribution >= 4 is 23.2 Å². The van der Waals surface area contributed by atoms with Gasteiger partial charge in [-0.3, -0.25) is 9.69 Å². The number of thiophene rings is 1. The van der Waals surface area contributed by atoms with E-state index in [2.05, 4.69) is 4.99 Å². The van der Waals surface area contributed by atoms with Crippen molar-refractivity contribution < 1.29 is 18.0 Å². The van der Waals surface area contributed by atoms with Gasteiger partial charge in [0, 0.05) is 11.9 Å². The van der Waals surface area contributed by atoms with Crippen LogP contribution in [0.5, 0.6) is 0 Å². The van der Waals surface area contributed by atoms with Crippen molar-refractivity contribution in [2.45, 2.75) is 31.5 Å². The molecule has 2 heterocycles. The number of rotatable bonds is 3. The van der Waals surface area contributed by atoms with E-state index in [0.717, 1.165) is 29.9 Å². The van der Waals surface area contributed by atoms with Gasteiger partial charge in [0.1, 0.15) is 5.54 Å². The fraction of sp³-hybridized carbons (Fsp3) is 0.400. The Morgan fingerprint density at radius 1 is 1.25 bits per heavy atom. The van der Waals surface area contributed by atoms with Crippen molar-refractivity contribution in [3.05, 3.63) is 46.2 Å². The molecule has 28 heavy (non-hydrogen) atoms. The van der Waals surface area contributed by atoms with E-state index in [1.807, 2.05) is 18.4 Å². The number of hydrogen-bond acceptors (Lipinski definition) is 4. The van der Waals surface area contributed by atoms with Gasteiger partial charge >= 0.3 is 6.18 Å². The van der Waals surface area contributed by atoms with Crippen LogP contribution in [0.1, 0.15) is 30.2 Å². The summed E-state index contributed by atoms with van der Waals surface area (Å²) in [4.78, 5) is 19.8. The molecule has 2 aliphatic rings. The van der Waals surface area contributed by atoms with E-state index in [1.54, 1.807) is 13.1 Å². The molecule has 2 aromatic rings. The molecule has 1 amide bonds. The molecule has 0 bridgehead atoms. The van der Waals surface area contributed by atoms with Crippen LogP contribution in [0.4, 0.5) is 13.2 Å². The Labute approximate surface area is 164 Å². The van der Waals surface area contributed by atoms with Gasteiger partial charge in [-0.1, -0.05) is 12.1 Å². The smallest absolute Gasteiger partial charge is 0.369 e. The first-order chi connectivity index (χ1) is 13.1. The fourth-order valence-corrected chi connectivity index (χ4v) is 4.94. The second-order valence-corrected chi connectivity index (χ2v) is 8.52. The molecule has 148 valence electrons. The molecule has 2 N–H and O–H groups in total. The molecule has 4 rings (SSSR count). The molecule has 1 fully saturated rings. The number of hydrogen-bond donors (Lipinski definition) is 1. The number of carbonyl (C=O) groups excluding carboxylic acids is 1. The second-order valence-electron chi connectivity index (χ2n) is 7.61. The Hall–Kier alpha value is -2.35. The van der Waals surface area contributed by atoms with Gasteiger partial charge in [0.05, 0.1) is 11.5 Å². The highest BCUT2D eigenvalue weighted by atomic mass is 32.1. The van der Waals surface area contributed by atoms with Crippen LogP contribution < -0.4 is 5.73 Å².